The van der Waals surface area contributed by atoms with Crippen molar-refractivity contribution in [3.8, 4) is 11.5 Å². The molecule has 0 aliphatic carbocycles. The number of benzene rings is 1. The molecule has 1 aromatic rings. The van der Waals surface area contributed by atoms with Crippen LogP contribution in [0.2, 0.25) is 0 Å². The molecule has 1 atom stereocenters. The SMILES string of the molecule is CCCN(CCC)CC1Cc2cc(OC(=O)C(C)(C)C)ccc2O1. The minimum Gasteiger partial charge on any atom is -0.488 e. The molecule has 0 spiro atoms. The van der Waals surface area contributed by atoms with Gasteiger partial charge in [0.1, 0.15) is 17.6 Å². The molecule has 0 N–H and O–H groups in total. The fourth-order valence-corrected chi connectivity index (χ4v) is 2.94. The summed E-state index contributed by atoms with van der Waals surface area (Å²) in [5.41, 5.74) is 0.630. The van der Waals surface area contributed by atoms with E-state index in [-0.39, 0.29) is 12.1 Å². The molecule has 0 radical (unpaired) electrons. The van der Waals surface area contributed by atoms with Crippen LogP contribution in [-0.4, -0.2) is 36.6 Å². The van der Waals surface area contributed by atoms with Crippen LogP contribution in [0.15, 0.2) is 18.2 Å². The average Bonchev–Trinajstić information content (AvgIpc) is 2.88. The molecule has 0 saturated carbocycles. The zero-order valence-electron chi connectivity index (χ0n) is 15.7. The highest BCUT2D eigenvalue weighted by molar-refractivity contribution is 5.78. The number of hydrogen-bond acceptors (Lipinski definition) is 4. The van der Waals surface area contributed by atoms with E-state index in [9.17, 15) is 4.79 Å². The van der Waals surface area contributed by atoms with Crippen LogP contribution in [0.4, 0.5) is 0 Å². The number of nitrogens with zero attached hydrogens (tertiary/aromatic N) is 1. The lowest BCUT2D eigenvalue weighted by Gasteiger charge is -2.24. The molecular formula is C20H31NO3. The van der Waals surface area contributed by atoms with Crippen molar-refractivity contribution in [2.45, 2.75) is 60.0 Å². The maximum Gasteiger partial charge on any atom is 0.316 e. The predicted octanol–water partition coefficient (Wildman–Crippen LogP) is 4.06. The largest absolute Gasteiger partial charge is 0.488 e. The highest BCUT2D eigenvalue weighted by Crippen LogP contribution is 2.33. The lowest BCUT2D eigenvalue weighted by molar-refractivity contribution is -0.143. The van der Waals surface area contributed by atoms with Crippen molar-refractivity contribution < 1.29 is 14.3 Å². The summed E-state index contributed by atoms with van der Waals surface area (Å²) in [6.45, 7) is 13.2. The summed E-state index contributed by atoms with van der Waals surface area (Å²) in [5.74, 6) is 1.32. The van der Waals surface area contributed by atoms with Gasteiger partial charge in [-0.25, -0.2) is 0 Å². The van der Waals surface area contributed by atoms with Crippen LogP contribution >= 0.6 is 0 Å². The smallest absolute Gasteiger partial charge is 0.316 e. The number of ether oxygens (including phenoxy) is 2. The number of esters is 1. The quantitative estimate of drug-likeness (QED) is 0.557. The highest BCUT2D eigenvalue weighted by atomic mass is 16.5. The Kier molecular flexibility index (Phi) is 6.27. The summed E-state index contributed by atoms with van der Waals surface area (Å²) in [6.07, 6.45) is 3.38. The highest BCUT2D eigenvalue weighted by Gasteiger charge is 2.27. The molecule has 1 aliphatic rings. The van der Waals surface area contributed by atoms with Crippen LogP contribution < -0.4 is 9.47 Å². The second-order valence-corrected chi connectivity index (χ2v) is 7.65. The van der Waals surface area contributed by atoms with E-state index in [0.717, 1.165) is 50.2 Å². The Morgan fingerprint density at radius 1 is 1.25 bits per heavy atom. The maximum absolute atomic E-state index is 12.0. The average molecular weight is 333 g/mol. The second kappa shape index (κ2) is 8.02. The van der Waals surface area contributed by atoms with Crippen molar-refractivity contribution in [2.24, 2.45) is 5.41 Å². The molecule has 0 saturated heterocycles. The fraction of sp³-hybridized carbons (Fsp3) is 0.650. The molecule has 4 nitrogen and oxygen atoms in total. The Labute approximate surface area is 146 Å². The lowest BCUT2D eigenvalue weighted by atomic mass is 9.97. The van der Waals surface area contributed by atoms with E-state index in [2.05, 4.69) is 18.7 Å². The van der Waals surface area contributed by atoms with Gasteiger partial charge in [0.05, 0.1) is 5.41 Å². The minimum absolute atomic E-state index is 0.187. The molecule has 1 aromatic carbocycles. The molecule has 0 fully saturated rings. The summed E-state index contributed by atoms with van der Waals surface area (Å²) in [4.78, 5) is 14.5. The number of carbonyl (C=O) groups is 1. The van der Waals surface area contributed by atoms with Gasteiger partial charge in [0.15, 0.2) is 0 Å². The van der Waals surface area contributed by atoms with Gasteiger partial charge in [-0.15, -0.1) is 0 Å². The third-order valence-corrected chi connectivity index (χ3v) is 4.14. The van der Waals surface area contributed by atoms with Crippen LogP contribution in [0.3, 0.4) is 0 Å². The van der Waals surface area contributed by atoms with E-state index in [1.807, 2.05) is 39.0 Å². The van der Waals surface area contributed by atoms with Gasteiger partial charge in [-0.3, -0.25) is 9.69 Å². The maximum atomic E-state index is 12.0. The topological polar surface area (TPSA) is 38.8 Å². The summed E-state index contributed by atoms with van der Waals surface area (Å²) < 4.78 is 11.6. The number of hydrogen-bond donors (Lipinski definition) is 0. The standard InChI is InChI=1S/C20H31NO3/c1-6-10-21(11-7-2)14-17-13-15-12-16(8-9-18(15)23-17)24-19(22)20(3,4)5/h8-9,12,17H,6-7,10-11,13-14H2,1-5H3. The van der Waals surface area contributed by atoms with Crippen molar-refractivity contribution in [2.75, 3.05) is 19.6 Å². The third kappa shape index (κ3) is 4.97. The Bertz CT molecular complexity index is 556. The number of carbonyl (C=O) groups excluding carboxylic acids is 1. The molecule has 4 heteroatoms. The van der Waals surface area contributed by atoms with Gasteiger partial charge < -0.3 is 9.47 Å². The lowest BCUT2D eigenvalue weighted by Crippen LogP contribution is -2.35. The van der Waals surface area contributed by atoms with E-state index in [4.69, 9.17) is 9.47 Å². The predicted molar refractivity (Wildman–Crippen MR) is 96.7 cm³/mol. The molecule has 0 amide bonds. The van der Waals surface area contributed by atoms with Crippen LogP contribution in [0.1, 0.15) is 53.0 Å². The van der Waals surface area contributed by atoms with Gasteiger partial charge in [0.25, 0.3) is 0 Å². The van der Waals surface area contributed by atoms with E-state index < -0.39 is 5.41 Å². The van der Waals surface area contributed by atoms with Crippen molar-refractivity contribution in [3.63, 3.8) is 0 Å². The molecule has 1 unspecified atom stereocenters. The molecular weight excluding hydrogens is 302 g/mol. The van der Waals surface area contributed by atoms with Gasteiger partial charge in [0, 0.05) is 18.5 Å². The van der Waals surface area contributed by atoms with E-state index >= 15 is 0 Å². The van der Waals surface area contributed by atoms with Crippen molar-refractivity contribution in [3.05, 3.63) is 23.8 Å². The molecule has 134 valence electrons. The van der Waals surface area contributed by atoms with Gasteiger partial charge in [-0.1, -0.05) is 13.8 Å². The van der Waals surface area contributed by atoms with Gasteiger partial charge in [-0.2, -0.15) is 0 Å². The fourth-order valence-electron chi connectivity index (χ4n) is 2.94. The second-order valence-electron chi connectivity index (χ2n) is 7.65. The third-order valence-electron chi connectivity index (χ3n) is 4.14. The molecule has 2 rings (SSSR count). The van der Waals surface area contributed by atoms with Crippen molar-refractivity contribution in [1.82, 2.24) is 4.90 Å². The summed E-state index contributed by atoms with van der Waals surface area (Å²) in [5, 5.41) is 0. The number of fused-ring (bicyclic) bond motifs is 1. The van der Waals surface area contributed by atoms with E-state index in [1.54, 1.807) is 0 Å². The van der Waals surface area contributed by atoms with Gasteiger partial charge in [0.2, 0.25) is 0 Å². The van der Waals surface area contributed by atoms with Crippen LogP contribution in [0.5, 0.6) is 11.5 Å². The summed E-state index contributed by atoms with van der Waals surface area (Å²) in [7, 11) is 0. The van der Waals surface area contributed by atoms with Crippen LogP contribution in [0.25, 0.3) is 0 Å². The van der Waals surface area contributed by atoms with Gasteiger partial charge >= 0.3 is 5.97 Å². The van der Waals surface area contributed by atoms with Crippen molar-refractivity contribution in [1.29, 1.82) is 0 Å². The normalized spacial score (nSPS) is 16.8. The first-order valence-corrected chi connectivity index (χ1v) is 9.07. The first-order valence-electron chi connectivity index (χ1n) is 9.07. The van der Waals surface area contributed by atoms with E-state index in [0.29, 0.717) is 5.75 Å². The van der Waals surface area contributed by atoms with Crippen molar-refractivity contribution >= 4 is 5.97 Å². The number of rotatable bonds is 7. The first kappa shape index (κ1) is 18.8. The molecule has 0 bridgehead atoms. The zero-order chi connectivity index (χ0) is 17.7. The molecule has 1 aliphatic heterocycles. The summed E-state index contributed by atoms with van der Waals surface area (Å²) >= 11 is 0. The minimum atomic E-state index is -0.501. The molecule has 1 heterocycles. The molecule has 0 aromatic heterocycles. The van der Waals surface area contributed by atoms with Gasteiger partial charge in [-0.05, 0) is 64.9 Å². The van der Waals surface area contributed by atoms with Crippen LogP contribution in [0, 0.1) is 5.41 Å². The van der Waals surface area contributed by atoms with Crippen LogP contribution in [-0.2, 0) is 11.2 Å². The molecule has 24 heavy (non-hydrogen) atoms. The summed E-state index contributed by atoms with van der Waals surface area (Å²) in [6, 6.07) is 5.69. The Hall–Kier alpha value is -1.55. The zero-order valence-corrected chi connectivity index (χ0v) is 15.7. The van der Waals surface area contributed by atoms with E-state index in [1.165, 1.54) is 0 Å². The first-order chi connectivity index (χ1) is 11.3. The Morgan fingerprint density at radius 3 is 2.50 bits per heavy atom. The Morgan fingerprint density at radius 2 is 1.92 bits per heavy atom. The Balaban J connectivity index is 1.98. The monoisotopic (exact) mass is 333 g/mol.